The van der Waals surface area contributed by atoms with Crippen molar-refractivity contribution in [2.45, 2.75) is 25.2 Å². The van der Waals surface area contributed by atoms with Crippen molar-refractivity contribution >= 4 is 5.91 Å². The molecule has 8 heteroatoms. The molecule has 0 bridgehead atoms. The van der Waals surface area contributed by atoms with Gasteiger partial charge in [0, 0.05) is 38.8 Å². The Kier molecular flexibility index (Phi) is 8.15. The van der Waals surface area contributed by atoms with Gasteiger partial charge in [0.2, 0.25) is 5.91 Å². The molecule has 152 valence electrons. The first-order valence-corrected chi connectivity index (χ1v) is 8.84. The molecule has 1 fully saturated rings. The lowest BCUT2D eigenvalue weighted by Gasteiger charge is -2.26. The molecule has 0 aromatic heterocycles. The van der Waals surface area contributed by atoms with E-state index in [-0.39, 0.29) is 31.3 Å². The van der Waals surface area contributed by atoms with Gasteiger partial charge in [-0.3, -0.25) is 9.63 Å². The predicted molar refractivity (Wildman–Crippen MR) is 97.9 cm³/mol. The summed E-state index contributed by atoms with van der Waals surface area (Å²) >= 11 is 0. The van der Waals surface area contributed by atoms with Gasteiger partial charge in [0.1, 0.15) is 5.75 Å². The van der Waals surface area contributed by atoms with Crippen LogP contribution in [0.1, 0.15) is 30.7 Å². The largest absolute Gasteiger partial charge is 0.493 e. The lowest BCUT2D eigenvalue weighted by molar-refractivity contribution is -0.173. The van der Waals surface area contributed by atoms with Crippen LogP contribution in [0, 0.1) is 5.92 Å². The van der Waals surface area contributed by atoms with Gasteiger partial charge in [0.15, 0.2) is 25.1 Å². The van der Waals surface area contributed by atoms with Gasteiger partial charge < -0.3 is 23.7 Å². The molecule has 1 aromatic carbocycles. The van der Waals surface area contributed by atoms with E-state index in [9.17, 15) is 4.79 Å². The van der Waals surface area contributed by atoms with Gasteiger partial charge in [-0.15, -0.1) is 0 Å². The van der Waals surface area contributed by atoms with Crippen LogP contribution >= 0.6 is 0 Å². The van der Waals surface area contributed by atoms with Crippen LogP contribution in [0.5, 0.6) is 17.2 Å². The van der Waals surface area contributed by atoms with Gasteiger partial charge in [-0.05, 0) is 24.8 Å². The van der Waals surface area contributed by atoms with Crippen LogP contribution in [0.3, 0.4) is 0 Å². The molecule has 0 spiro atoms. The van der Waals surface area contributed by atoms with E-state index >= 15 is 0 Å². The smallest absolute Gasteiger partial charge is 0.249 e. The minimum absolute atomic E-state index is 0.0399. The van der Waals surface area contributed by atoms with E-state index in [2.05, 4.69) is 0 Å². The minimum Gasteiger partial charge on any atom is -0.493 e. The van der Waals surface area contributed by atoms with Crippen molar-refractivity contribution in [2.75, 3.05) is 49.1 Å². The van der Waals surface area contributed by atoms with Gasteiger partial charge in [-0.2, -0.15) is 0 Å². The summed E-state index contributed by atoms with van der Waals surface area (Å²) in [5, 5.41) is 1.28. The predicted octanol–water partition coefficient (Wildman–Crippen LogP) is 2.56. The number of hydrogen-bond donors (Lipinski definition) is 0. The van der Waals surface area contributed by atoms with E-state index in [4.69, 9.17) is 28.5 Å². The van der Waals surface area contributed by atoms with E-state index in [1.54, 1.807) is 34.4 Å². The first-order chi connectivity index (χ1) is 13.1. The number of benzene rings is 1. The molecule has 1 aromatic rings. The molecule has 8 nitrogen and oxygen atoms in total. The van der Waals surface area contributed by atoms with E-state index in [1.807, 2.05) is 6.07 Å². The first kappa shape index (κ1) is 21.3. The Labute approximate surface area is 160 Å². The summed E-state index contributed by atoms with van der Waals surface area (Å²) in [4.78, 5) is 17.8. The normalized spacial score (nSPS) is 19.0. The van der Waals surface area contributed by atoms with E-state index < -0.39 is 0 Å². The SMILES string of the molecule is COCOc1cc(OC)c(OCOC)c([C@H]2CCC[C@H]2C(=O)N(C)OC)c1. The summed E-state index contributed by atoms with van der Waals surface area (Å²) in [5.41, 5.74) is 0.859. The van der Waals surface area contributed by atoms with E-state index in [0.717, 1.165) is 24.8 Å². The molecule has 0 heterocycles. The van der Waals surface area contributed by atoms with Crippen molar-refractivity contribution in [2.24, 2.45) is 5.92 Å². The molecule has 1 amide bonds. The molecule has 2 atom stereocenters. The Hall–Kier alpha value is -2.03. The summed E-state index contributed by atoms with van der Waals surface area (Å²) in [6.45, 7) is 0.186. The van der Waals surface area contributed by atoms with Crippen molar-refractivity contribution in [3.05, 3.63) is 17.7 Å². The average Bonchev–Trinajstić information content (AvgIpc) is 3.18. The second-order valence-electron chi connectivity index (χ2n) is 6.31. The molecule has 0 radical (unpaired) electrons. The summed E-state index contributed by atoms with van der Waals surface area (Å²) in [6, 6.07) is 3.62. The maximum absolute atomic E-state index is 12.7. The number of rotatable bonds is 10. The third-order valence-corrected chi connectivity index (χ3v) is 4.76. The number of carbonyl (C=O) groups is 1. The monoisotopic (exact) mass is 383 g/mol. The number of ether oxygens (including phenoxy) is 5. The summed E-state index contributed by atoms with van der Waals surface area (Å²) in [6.07, 6.45) is 2.58. The highest BCUT2D eigenvalue weighted by atomic mass is 16.7. The Morgan fingerprint density at radius 2 is 1.78 bits per heavy atom. The lowest BCUT2D eigenvalue weighted by atomic mass is 9.87. The van der Waals surface area contributed by atoms with Crippen molar-refractivity contribution in [3.8, 4) is 17.2 Å². The van der Waals surface area contributed by atoms with Crippen LogP contribution in [-0.4, -0.2) is 60.0 Å². The number of hydrogen-bond acceptors (Lipinski definition) is 7. The third-order valence-electron chi connectivity index (χ3n) is 4.76. The summed E-state index contributed by atoms with van der Waals surface area (Å²) in [5.74, 6) is 1.37. The maximum atomic E-state index is 12.7. The third kappa shape index (κ3) is 5.03. The highest BCUT2D eigenvalue weighted by Crippen LogP contribution is 2.48. The van der Waals surface area contributed by atoms with Crippen molar-refractivity contribution in [1.82, 2.24) is 5.06 Å². The van der Waals surface area contributed by atoms with Crippen LogP contribution < -0.4 is 14.2 Å². The van der Waals surface area contributed by atoms with Crippen LogP contribution in [0.15, 0.2) is 12.1 Å². The van der Waals surface area contributed by atoms with Crippen molar-refractivity contribution in [3.63, 3.8) is 0 Å². The fourth-order valence-corrected chi connectivity index (χ4v) is 3.46. The zero-order chi connectivity index (χ0) is 19.8. The number of methoxy groups -OCH3 is 3. The van der Waals surface area contributed by atoms with Crippen molar-refractivity contribution in [1.29, 1.82) is 0 Å². The molecule has 1 aliphatic carbocycles. The topological polar surface area (TPSA) is 75.7 Å². The molecule has 1 aliphatic rings. The van der Waals surface area contributed by atoms with E-state index in [0.29, 0.717) is 17.2 Å². The molecule has 0 N–H and O–H groups in total. The van der Waals surface area contributed by atoms with Crippen LogP contribution in [0.4, 0.5) is 0 Å². The molecule has 2 rings (SSSR count). The number of hydroxylamine groups is 2. The highest BCUT2D eigenvalue weighted by molar-refractivity contribution is 5.79. The van der Waals surface area contributed by atoms with Gasteiger partial charge in [-0.1, -0.05) is 6.42 Å². The van der Waals surface area contributed by atoms with E-state index in [1.165, 1.54) is 12.2 Å². The molecule has 0 unspecified atom stereocenters. The first-order valence-electron chi connectivity index (χ1n) is 8.84. The summed E-state index contributed by atoms with van der Waals surface area (Å²) < 4.78 is 27.0. The number of nitrogens with zero attached hydrogens (tertiary/aromatic N) is 1. The Morgan fingerprint density at radius 1 is 1.07 bits per heavy atom. The molecular formula is C19H29NO7. The van der Waals surface area contributed by atoms with Gasteiger partial charge in [0.25, 0.3) is 0 Å². The molecule has 27 heavy (non-hydrogen) atoms. The molecule has 0 saturated heterocycles. The Balaban J connectivity index is 2.45. The van der Waals surface area contributed by atoms with Gasteiger partial charge >= 0.3 is 0 Å². The zero-order valence-electron chi connectivity index (χ0n) is 16.6. The summed E-state index contributed by atoms with van der Waals surface area (Å²) in [7, 11) is 7.78. The fourth-order valence-electron chi connectivity index (χ4n) is 3.46. The van der Waals surface area contributed by atoms with Crippen molar-refractivity contribution < 1.29 is 33.3 Å². The van der Waals surface area contributed by atoms with Crippen LogP contribution in [-0.2, 0) is 19.1 Å². The number of carbonyl (C=O) groups excluding carboxylic acids is 1. The maximum Gasteiger partial charge on any atom is 0.249 e. The molecule has 0 aliphatic heterocycles. The fraction of sp³-hybridized carbons (Fsp3) is 0.632. The van der Waals surface area contributed by atoms with Crippen LogP contribution in [0.25, 0.3) is 0 Å². The average molecular weight is 383 g/mol. The second kappa shape index (κ2) is 10.3. The second-order valence-corrected chi connectivity index (χ2v) is 6.31. The standard InChI is InChI=1S/C19H29NO7/c1-20(25-5)19(21)15-8-6-7-14(15)16-9-13(26-11-22-2)10-17(24-4)18(16)27-12-23-3/h9-10,14-15H,6-8,11-12H2,1-5H3/t14-,15+/m0/s1. The molecule has 1 saturated carbocycles. The van der Waals surface area contributed by atoms with Crippen LogP contribution in [0.2, 0.25) is 0 Å². The zero-order valence-corrected chi connectivity index (χ0v) is 16.6. The van der Waals surface area contributed by atoms with Gasteiger partial charge in [0.05, 0.1) is 14.2 Å². The molecular weight excluding hydrogens is 354 g/mol. The Bertz CT molecular complexity index is 622. The lowest BCUT2D eigenvalue weighted by Crippen LogP contribution is -2.33. The highest BCUT2D eigenvalue weighted by Gasteiger charge is 2.38. The number of amides is 1. The Morgan fingerprint density at radius 3 is 2.41 bits per heavy atom. The minimum atomic E-state index is -0.206. The van der Waals surface area contributed by atoms with Gasteiger partial charge in [-0.25, -0.2) is 5.06 Å². The quantitative estimate of drug-likeness (QED) is 0.454.